The van der Waals surface area contributed by atoms with Gasteiger partial charge < -0.3 is 0 Å². The van der Waals surface area contributed by atoms with Crippen molar-refractivity contribution in [2.24, 2.45) is 0 Å². The molecule has 0 aliphatic heterocycles. The molecule has 0 aliphatic rings. The van der Waals surface area contributed by atoms with Crippen LogP contribution < -0.4 is 0 Å². The summed E-state index contributed by atoms with van der Waals surface area (Å²) in [5.41, 5.74) is 0.815. The van der Waals surface area contributed by atoms with Crippen molar-refractivity contribution in [3.8, 4) is 10.6 Å². The number of hydrogen-bond acceptors (Lipinski definition) is 2. The first-order valence-electron chi connectivity index (χ1n) is 4.04. The summed E-state index contributed by atoms with van der Waals surface area (Å²) in [5.74, 6) is -0.248. The number of thiazole rings is 1. The maximum absolute atomic E-state index is 13.1. The number of benzene rings is 1. The molecule has 0 atom stereocenters. The first-order chi connectivity index (χ1) is 6.65. The third-order valence-corrected chi connectivity index (χ3v) is 3.15. The van der Waals surface area contributed by atoms with E-state index in [1.807, 2.05) is 13.0 Å². The first kappa shape index (κ1) is 9.80. The summed E-state index contributed by atoms with van der Waals surface area (Å²) in [5, 5.41) is 0.850. The van der Waals surface area contributed by atoms with Gasteiger partial charge in [-0.05, 0) is 25.1 Å². The standard InChI is InChI=1S/C10H7BrFNS/c1-6-5-13-10(14-6)7-2-8(11)4-9(12)3-7/h2-5H,1H3. The Morgan fingerprint density at radius 3 is 2.71 bits per heavy atom. The highest BCUT2D eigenvalue weighted by Gasteiger charge is 2.05. The lowest BCUT2D eigenvalue weighted by Crippen LogP contribution is -1.79. The second kappa shape index (κ2) is 3.79. The highest BCUT2D eigenvalue weighted by molar-refractivity contribution is 9.10. The van der Waals surface area contributed by atoms with Crippen molar-refractivity contribution in [3.63, 3.8) is 0 Å². The summed E-state index contributed by atoms with van der Waals surface area (Å²) in [6, 6.07) is 4.79. The Kier molecular flexibility index (Phi) is 2.65. The largest absolute Gasteiger partial charge is 0.244 e. The topological polar surface area (TPSA) is 12.9 Å². The Balaban J connectivity index is 2.51. The summed E-state index contributed by atoms with van der Waals surface area (Å²) in [6.45, 7) is 1.98. The van der Waals surface area contributed by atoms with Gasteiger partial charge in [0.25, 0.3) is 0 Å². The van der Waals surface area contributed by atoms with Crippen molar-refractivity contribution in [2.45, 2.75) is 6.92 Å². The van der Waals surface area contributed by atoms with Gasteiger partial charge in [-0.2, -0.15) is 0 Å². The SMILES string of the molecule is Cc1cnc(-c2cc(F)cc(Br)c2)s1. The fourth-order valence-corrected chi connectivity index (χ4v) is 2.38. The molecule has 1 aromatic heterocycles. The van der Waals surface area contributed by atoms with Gasteiger partial charge in [-0.15, -0.1) is 11.3 Å². The highest BCUT2D eigenvalue weighted by atomic mass is 79.9. The van der Waals surface area contributed by atoms with E-state index < -0.39 is 0 Å². The summed E-state index contributed by atoms with van der Waals surface area (Å²) in [7, 11) is 0. The van der Waals surface area contributed by atoms with Crippen LogP contribution in [-0.4, -0.2) is 4.98 Å². The van der Waals surface area contributed by atoms with Crippen molar-refractivity contribution in [3.05, 3.63) is 39.6 Å². The fourth-order valence-electron chi connectivity index (χ4n) is 1.17. The normalized spacial score (nSPS) is 10.5. The van der Waals surface area contributed by atoms with Crippen molar-refractivity contribution >= 4 is 27.3 Å². The molecule has 1 heterocycles. The molecule has 1 nitrogen and oxygen atoms in total. The molecule has 0 radical (unpaired) electrons. The molecule has 2 rings (SSSR count). The molecule has 0 amide bonds. The van der Waals surface area contributed by atoms with E-state index in [0.717, 1.165) is 19.9 Å². The number of halogens is 2. The van der Waals surface area contributed by atoms with E-state index in [2.05, 4.69) is 20.9 Å². The molecule has 0 saturated heterocycles. The zero-order chi connectivity index (χ0) is 10.1. The lowest BCUT2D eigenvalue weighted by molar-refractivity contribution is 0.627. The average molecular weight is 272 g/mol. The molecule has 0 spiro atoms. The Hall–Kier alpha value is -0.740. The number of aryl methyl sites for hydroxylation is 1. The van der Waals surface area contributed by atoms with Gasteiger partial charge >= 0.3 is 0 Å². The van der Waals surface area contributed by atoms with Gasteiger partial charge in [0.05, 0.1) is 0 Å². The number of aromatic nitrogens is 1. The minimum absolute atomic E-state index is 0.248. The van der Waals surface area contributed by atoms with Crippen LogP contribution in [0.15, 0.2) is 28.9 Å². The molecular weight excluding hydrogens is 265 g/mol. The van der Waals surface area contributed by atoms with Crippen LogP contribution in [0.3, 0.4) is 0 Å². The molecule has 2 aromatic rings. The average Bonchev–Trinajstić information content (AvgIpc) is 2.50. The Morgan fingerprint density at radius 2 is 2.14 bits per heavy atom. The van der Waals surface area contributed by atoms with E-state index in [9.17, 15) is 4.39 Å². The lowest BCUT2D eigenvalue weighted by atomic mass is 10.2. The predicted octanol–water partition coefficient (Wildman–Crippen LogP) is 4.02. The zero-order valence-corrected chi connectivity index (χ0v) is 9.82. The quantitative estimate of drug-likeness (QED) is 0.764. The van der Waals surface area contributed by atoms with Crippen LogP contribution in [0, 0.1) is 12.7 Å². The molecular formula is C10H7BrFNS. The molecule has 0 N–H and O–H groups in total. The molecule has 0 bridgehead atoms. The third-order valence-electron chi connectivity index (χ3n) is 1.73. The van der Waals surface area contributed by atoms with Gasteiger partial charge in [-0.1, -0.05) is 15.9 Å². The van der Waals surface area contributed by atoms with Crippen molar-refractivity contribution < 1.29 is 4.39 Å². The van der Waals surface area contributed by atoms with Crippen LogP contribution in [0.4, 0.5) is 4.39 Å². The van der Waals surface area contributed by atoms with Gasteiger partial charge in [0.1, 0.15) is 10.8 Å². The van der Waals surface area contributed by atoms with E-state index in [4.69, 9.17) is 0 Å². The molecule has 14 heavy (non-hydrogen) atoms. The van der Waals surface area contributed by atoms with Crippen molar-refractivity contribution in [2.75, 3.05) is 0 Å². The van der Waals surface area contributed by atoms with Crippen LogP contribution in [0.25, 0.3) is 10.6 Å². The summed E-state index contributed by atoms with van der Waals surface area (Å²) < 4.78 is 13.8. The third kappa shape index (κ3) is 2.01. The van der Waals surface area contributed by atoms with E-state index in [0.29, 0.717) is 0 Å². The van der Waals surface area contributed by atoms with Crippen LogP contribution in [-0.2, 0) is 0 Å². The molecule has 0 aliphatic carbocycles. The summed E-state index contributed by atoms with van der Waals surface area (Å²) in [4.78, 5) is 5.32. The van der Waals surface area contributed by atoms with Crippen molar-refractivity contribution in [1.82, 2.24) is 4.98 Å². The van der Waals surface area contributed by atoms with Gasteiger partial charge in [0, 0.05) is 21.1 Å². The van der Waals surface area contributed by atoms with E-state index in [1.165, 1.54) is 12.1 Å². The maximum atomic E-state index is 13.1. The maximum Gasteiger partial charge on any atom is 0.125 e. The summed E-state index contributed by atoms with van der Waals surface area (Å²) in [6.07, 6.45) is 1.79. The van der Waals surface area contributed by atoms with Gasteiger partial charge in [0.15, 0.2) is 0 Å². The smallest absolute Gasteiger partial charge is 0.125 e. The minimum Gasteiger partial charge on any atom is -0.244 e. The molecule has 4 heteroatoms. The number of rotatable bonds is 1. The highest BCUT2D eigenvalue weighted by Crippen LogP contribution is 2.27. The van der Waals surface area contributed by atoms with Crippen LogP contribution in [0.5, 0.6) is 0 Å². The van der Waals surface area contributed by atoms with Gasteiger partial charge in [-0.25, -0.2) is 9.37 Å². The Bertz CT molecular complexity index is 447. The number of nitrogens with zero attached hydrogens (tertiary/aromatic N) is 1. The van der Waals surface area contributed by atoms with Crippen LogP contribution in [0.1, 0.15) is 4.88 Å². The van der Waals surface area contributed by atoms with E-state index >= 15 is 0 Å². The zero-order valence-electron chi connectivity index (χ0n) is 7.42. The fraction of sp³-hybridized carbons (Fsp3) is 0.100. The minimum atomic E-state index is -0.248. The van der Waals surface area contributed by atoms with Crippen LogP contribution in [0.2, 0.25) is 0 Å². The van der Waals surface area contributed by atoms with E-state index in [-0.39, 0.29) is 5.82 Å². The molecule has 72 valence electrons. The molecule has 1 aromatic carbocycles. The monoisotopic (exact) mass is 271 g/mol. The second-order valence-electron chi connectivity index (χ2n) is 2.93. The predicted molar refractivity (Wildman–Crippen MR) is 59.9 cm³/mol. The van der Waals surface area contributed by atoms with Gasteiger partial charge in [0.2, 0.25) is 0 Å². The van der Waals surface area contributed by atoms with Gasteiger partial charge in [-0.3, -0.25) is 0 Å². The lowest BCUT2D eigenvalue weighted by Gasteiger charge is -1.97. The van der Waals surface area contributed by atoms with Crippen LogP contribution >= 0.6 is 27.3 Å². The summed E-state index contributed by atoms with van der Waals surface area (Å²) >= 11 is 4.81. The Labute approximate surface area is 93.7 Å². The first-order valence-corrected chi connectivity index (χ1v) is 5.65. The number of hydrogen-bond donors (Lipinski definition) is 0. The second-order valence-corrected chi connectivity index (χ2v) is 5.08. The Morgan fingerprint density at radius 1 is 1.36 bits per heavy atom. The molecule has 0 saturated carbocycles. The molecule has 0 unspecified atom stereocenters. The van der Waals surface area contributed by atoms with E-state index in [1.54, 1.807) is 17.5 Å². The molecule has 0 fully saturated rings. The van der Waals surface area contributed by atoms with Crippen molar-refractivity contribution in [1.29, 1.82) is 0 Å².